The number of halogens is 1. The summed E-state index contributed by atoms with van der Waals surface area (Å²) in [4.78, 5) is 12.4. The number of hydrogen-bond acceptors (Lipinski definition) is 2. The van der Waals surface area contributed by atoms with Crippen LogP contribution in [0.2, 0.25) is 0 Å². The van der Waals surface area contributed by atoms with Gasteiger partial charge in [-0.05, 0) is 20.5 Å². The molecule has 0 saturated carbocycles. The minimum atomic E-state index is -1.02. The second-order valence-corrected chi connectivity index (χ2v) is 3.51. The van der Waals surface area contributed by atoms with Crippen LogP contribution in [0.15, 0.2) is 23.6 Å². The summed E-state index contributed by atoms with van der Waals surface area (Å²) in [6.07, 6.45) is 4.33. The maximum Gasteiger partial charge on any atom is 0.325 e. The van der Waals surface area contributed by atoms with Gasteiger partial charge in [-0.1, -0.05) is 12.2 Å². The van der Waals surface area contributed by atoms with Gasteiger partial charge < -0.3 is 5.11 Å². The molecule has 78 valence electrons. The number of carboxylic acid groups (broad SMARTS) is 1. The molecule has 0 saturated heterocycles. The Hall–Kier alpha value is -1.16. The van der Waals surface area contributed by atoms with Crippen molar-refractivity contribution in [3.05, 3.63) is 23.6 Å². The summed E-state index contributed by atoms with van der Waals surface area (Å²) < 4.78 is 13.4. The molecule has 0 bridgehead atoms. The van der Waals surface area contributed by atoms with Crippen molar-refractivity contribution in [1.82, 2.24) is 4.90 Å². The highest BCUT2D eigenvalue weighted by Crippen LogP contribution is 2.24. The Morgan fingerprint density at radius 3 is 2.71 bits per heavy atom. The number of carboxylic acids is 1. The molecule has 1 unspecified atom stereocenters. The van der Waals surface area contributed by atoms with Crippen molar-refractivity contribution < 1.29 is 14.3 Å². The van der Waals surface area contributed by atoms with Gasteiger partial charge in [0, 0.05) is 12.0 Å². The molecular weight excluding hydrogens is 185 g/mol. The molecule has 0 radical (unpaired) electrons. The quantitative estimate of drug-likeness (QED) is 0.750. The molecule has 1 aliphatic rings. The molecule has 4 heteroatoms. The van der Waals surface area contributed by atoms with E-state index >= 15 is 0 Å². The normalized spacial score (nSPS) is 18.9. The molecule has 1 aliphatic carbocycles. The summed E-state index contributed by atoms with van der Waals surface area (Å²) in [7, 11) is 3.25. The molecular formula is C10H14FNO2. The Morgan fingerprint density at radius 1 is 1.64 bits per heavy atom. The highest BCUT2D eigenvalue weighted by atomic mass is 19.1. The number of allylic oxidation sites excluding steroid dienone is 2. The van der Waals surface area contributed by atoms with Gasteiger partial charge in [0.15, 0.2) is 0 Å². The van der Waals surface area contributed by atoms with Gasteiger partial charge in [0.25, 0.3) is 0 Å². The zero-order valence-electron chi connectivity index (χ0n) is 8.33. The van der Waals surface area contributed by atoms with Crippen molar-refractivity contribution in [2.45, 2.75) is 18.9 Å². The molecule has 0 aliphatic heterocycles. The van der Waals surface area contributed by atoms with E-state index in [1.54, 1.807) is 26.2 Å². The van der Waals surface area contributed by atoms with Gasteiger partial charge in [0.1, 0.15) is 11.9 Å². The fourth-order valence-corrected chi connectivity index (χ4v) is 1.53. The smallest absolute Gasteiger partial charge is 0.325 e. The monoisotopic (exact) mass is 199 g/mol. The van der Waals surface area contributed by atoms with Gasteiger partial charge in [-0.25, -0.2) is 4.39 Å². The van der Waals surface area contributed by atoms with Crippen molar-refractivity contribution in [2.24, 2.45) is 0 Å². The van der Waals surface area contributed by atoms with Crippen molar-refractivity contribution >= 4 is 5.97 Å². The van der Waals surface area contributed by atoms with Crippen molar-refractivity contribution in [3.63, 3.8) is 0 Å². The van der Waals surface area contributed by atoms with Gasteiger partial charge in [-0.2, -0.15) is 0 Å². The topological polar surface area (TPSA) is 40.5 Å². The van der Waals surface area contributed by atoms with E-state index in [1.165, 1.54) is 4.90 Å². The molecule has 0 fully saturated rings. The number of nitrogens with zero attached hydrogens (tertiary/aromatic N) is 1. The third-order valence-electron chi connectivity index (χ3n) is 2.19. The van der Waals surface area contributed by atoms with E-state index in [2.05, 4.69) is 0 Å². The van der Waals surface area contributed by atoms with E-state index in [1.807, 2.05) is 0 Å². The second-order valence-electron chi connectivity index (χ2n) is 3.51. The largest absolute Gasteiger partial charge is 0.480 e. The summed E-state index contributed by atoms with van der Waals surface area (Å²) in [5.41, 5.74) is 0.272. The molecule has 0 aromatic carbocycles. The van der Waals surface area contributed by atoms with E-state index in [0.717, 1.165) is 0 Å². The number of carbonyl (C=O) groups is 1. The Balaban J connectivity index is 2.99. The predicted molar refractivity (Wildman–Crippen MR) is 51.6 cm³/mol. The maximum atomic E-state index is 13.4. The van der Waals surface area contributed by atoms with Gasteiger partial charge in [0.2, 0.25) is 0 Å². The Morgan fingerprint density at radius 2 is 2.29 bits per heavy atom. The SMILES string of the molecule is CN(C)C(C(=O)O)C1=C(F)CCC=C1. The first-order chi connectivity index (χ1) is 6.54. The van der Waals surface area contributed by atoms with Gasteiger partial charge in [0.05, 0.1) is 0 Å². The maximum absolute atomic E-state index is 13.4. The van der Waals surface area contributed by atoms with E-state index in [4.69, 9.17) is 5.11 Å². The Bertz CT molecular complexity index is 294. The summed E-state index contributed by atoms with van der Waals surface area (Å²) in [5.74, 6) is -1.33. The number of aliphatic carboxylic acids is 1. The molecule has 0 heterocycles. The van der Waals surface area contributed by atoms with Crippen LogP contribution in [0.5, 0.6) is 0 Å². The highest BCUT2D eigenvalue weighted by molar-refractivity contribution is 5.78. The van der Waals surface area contributed by atoms with E-state index in [9.17, 15) is 9.18 Å². The summed E-state index contributed by atoms with van der Waals surface area (Å²) in [6.45, 7) is 0. The molecule has 0 aromatic heterocycles. The van der Waals surface area contributed by atoms with Crippen LogP contribution in [-0.2, 0) is 4.79 Å². The van der Waals surface area contributed by atoms with Crippen LogP contribution >= 0.6 is 0 Å². The third-order valence-corrected chi connectivity index (χ3v) is 2.19. The Labute approximate surface area is 82.5 Å². The van der Waals surface area contributed by atoms with Crippen LogP contribution in [-0.4, -0.2) is 36.1 Å². The first kappa shape index (κ1) is 10.9. The lowest BCUT2D eigenvalue weighted by atomic mass is 9.98. The zero-order chi connectivity index (χ0) is 10.7. The van der Waals surface area contributed by atoms with E-state index < -0.39 is 12.0 Å². The van der Waals surface area contributed by atoms with Crippen LogP contribution < -0.4 is 0 Å². The molecule has 1 rings (SSSR count). The van der Waals surface area contributed by atoms with Crippen LogP contribution in [0.25, 0.3) is 0 Å². The van der Waals surface area contributed by atoms with Crippen molar-refractivity contribution in [2.75, 3.05) is 14.1 Å². The molecule has 1 N–H and O–H groups in total. The van der Waals surface area contributed by atoms with Crippen LogP contribution in [0, 0.1) is 0 Å². The summed E-state index contributed by atoms with van der Waals surface area (Å²) >= 11 is 0. The Kier molecular flexibility index (Phi) is 3.41. The van der Waals surface area contributed by atoms with Gasteiger partial charge >= 0.3 is 5.97 Å². The van der Waals surface area contributed by atoms with E-state index in [0.29, 0.717) is 12.8 Å². The first-order valence-corrected chi connectivity index (χ1v) is 4.48. The number of hydrogen-bond donors (Lipinski definition) is 1. The lowest BCUT2D eigenvalue weighted by Crippen LogP contribution is -2.37. The van der Waals surface area contributed by atoms with Crippen LogP contribution in [0.1, 0.15) is 12.8 Å². The summed E-state index contributed by atoms with van der Waals surface area (Å²) in [5, 5.41) is 8.94. The lowest BCUT2D eigenvalue weighted by molar-refractivity contribution is -0.140. The first-order valence-electron chi connectivity index (χ1n) is 4.48. The average Bonchev–Trinajstić information content (AvgIpc) is 2.07. The van der Waals surface area contributed by atoms with E-state index in [-0.39, 0.29) is 11.4 Å². The average molecular weight is 199 g/mol. The van der Waals surface area contributed by atoms with Crippen molar-refractivity contribution in [3.8, 4) is 0 Å². The molecule has 0 amide bonds. The van der Waals surface area contributed by atoms with Crippen LogP contribution in [0.4, 0.5) is 4.39 Å². The molecule has 1 atom stereocenters. The molecule has 14 heavy (non-hydrogen) atoms. The van der Waals surface area contributed by atoms with Gasteiger partial charge in [-0.15, -0.1) is 0 Å². The minimum absolute atomic E-state index is 0.272. The predicted octanol–water partition coefficient (Wildman–Crippen LogP) is 1.57. The zero-order valence-corrected chi connectivity index (χ0v) is 8.33. The second kappa shape index (κ2) is 4.37. The molecule has 0 spiro atoms. The molecule has 3 nitrogen and oxygen atoms in total. The van der Waals surface area contributed by atoms with Crippen LogP contribution in [0.3, 0.4) is 0 Å². The lowest BCUT2D eigenvalue weighted by Gasteiger charge is -2.23. The number of rotatable bonds is 3. The fourth-order valence-electron chi connectivity index (χ4n) is 1.53. The third kappa shape index (κ3) is 2.20. The van der Waals surface area contributed by atoms with Gasteiger partial charge in [-0.3, -0.25) is 9.69 Å². The highest BCUT2D eigenvalue weighted by Gasteiger charge is 2.26. The standard InChI is InChI=1S/C10H14FNO2/c1-12(2)9(10(13)14)7-5-3-4-6-8(7)11/h3,5,9H,4,6H2,1-2H3,(H,13,14). The van der Waals surface area contributed by atoms with Crippen molar-refractivity contribution in [1.29, 1.82) is 0 Å². The fraction of sp³-hybridized carbons (Fsp3) is 0.500. The minimum Gasteiger partial charge on any atom is -0.480 e. The number of likely N-dealkylation sites (N-methyl/N-ethyl adjacent to an activating group) is 1. The summed E-state index contributed by atoms with van der Waals surface area (Å²) in [6, 6.07) is -0.883. The molecule has 0 aromatic rings.